The molecule has 24 heavy (non-hydrogen) atoms. The summed E-state index contributed by atoms with van der Waals surface area (Å²) in [5.41, 5.74) is 3.95. The number of hydrogen-bond acceptors (Lipinski definition) is 3. The Morgan fingerprint density at radius 1 is 1.12 bits per heavy atom. The lowest BCUT2D eigenvalue weighted by molar-refractivity contribution is 0.0297. The number of rotatable bonds is 7. The molecule has 1 atom stereocenters. The quantitative estimate of drug-likeness (QED) is 0.731. The molecule has 0 unspecified atom stereocenters. The molecule has 0 aromatic heterocycles. The molecule has 2 rings (SSSR count). The molecule has 0 radical (unpaired) electrons. The first kappa shape index (κ1) is 18.0. The molecule has 0 fully saturated rings. The van der Waals surface area contributed by atoms with Crippen molar-refractivity contribution in [1.29, 1.82) is 0 Å². The predicted molar refractivity (Wildman–Crippen MR) is 95.2 cm³/mol. The average Bonchev–Trinajstić information content (AvgIpc) is 2.56. The maximum Gasteiger partial charge on any atom is 0.319 e. The molecular formula is C19H24N2O3. The molecule has 0 heterocycles. The van der Waals surface area contributed by atoms with Gasteiger partial charge in [-0.25, -0.2) is 4.79 Å². The summed E-state index contributed by atoms with van der Waals surface area (Å²) < 4.78 is 5.64. The van der Waals surface area contributed by atoms with Gasteiger partial charge in [-0.2, -0.15) is 0 Å². The summed E-state index contributed by atoms with van der Waals surface area (Å²) >= 11 is 0. The van der Waals surface area contributed by atoms with Crippen LogP contribution in [-0.2, 0) is 4.74 Å². The minimum Gasteiger partial charge on any atom is -0.394 e. The first-order valence-corrected chi connectivity index (χ1v) is 7.99. The van der Waals surface area contributed by atoms with Crippen LogP contribution < -0.4 is 10.6 Å². The summed E-state index contributed by atoms with van der Waals surface area (Å²) in [5.74, 6) is 0. The standard InChI is InChI=1S/C19H24N2O3/c1-14-6-8-16(9-7-14)18(24-11-10-22)13-20-19(23)21-17-5-3-4-15(2)12-17/h3-9,12,18,22H,10-11,13H2,1-2H3,(H2,20,21,23)/t18-/m1/s1. The van der Waals surface area contributed by atoms with Gasteiger partial charge in [0, 0.05) is 12.2 Å². The van der Waals surface area contributed by atoms with Gasteiger partial charge in [0.2, 0.25) is 0 Å². The molecule has 0 saturated carbocycles. The van der Waals surface area contributed by atoms with Crippen molar-refractivity contribution in [2.45, 2.75) is 20.0 Å². The fourth-order valence-corrected chi connectivity index (χ4v) is 2.33. The SMILES string of the molecule is Cc1ccc([C@@H](CNC(=O)Nc2cccc(C)c2)OCCO)cc1. The van der Waals surface area contributed by atoms with Crippen LogP contribution in [0.3, 0.4) is 0 Å². The van der Waals surface area contributed by atoms with Crippen LogP contribution in [0.25, 0.3) is 0 Å². The van der Waals surface area contributed by atoms with E-state index in [4.69, 9.17) is 9.84 Å². The first-order valence-electron chi connectivity index (χ1n) is 7.99. The highest BCUT2D eigenvalue weighted by molar-refractivity contribution is 5.89. The average molecular weight is 328 g/mol. The van der Waals surface area contributed by atoms with Crippen LogP contribution in [-0.4, -0.2) is 30.9 Å². The van der Waals surface area contributed by atoms with Crippen molar-refractivity contribution in [3.8, 4) is 0 Å². The lowest BCUT2D eigenvalue weighted by Crippen LogP contribution is -2.33. The van der Waals surface area contributed by atoms with Gasteiger partial charge in [0.05, 0.1) is 19.3 Å². The summed E-state index contributed by atoms with van der Waals surface area (Å²) in [7, 11) is 0. The van der Waals surface area contributed by atoms with Gasteiger partial charge in [-0.3, -0.25) is 0 Å². The first-order chi connectivity index (χ1) is 11.6. The van der Waals surface area contributed by atoms with E-state index in [1.165, 1.54) is 0 Å². The Balaban J connectivity index is 1.94. The van der Waals surface area contributed by atoms with Crippen LogP contribution >= 0.6 is 0 Å². The number of carbonyl (C=O) groups excluding carboxylic acids is 1. The minimum atomic E-state index is -0.305. The third-order valence-corrected chi connectivity index (χ3v) is 3.58. The zero-order chi connectivity index (χ0) is 17.4. The molecule has 5 nitrogen and oxygen atoms in total. The van der Waals surface area contributed by atoms with E-state index in [0.29, 0.717) is 6.54 Å². The summed E-state index contributed by atoms with van der Waals surface area (Å²) in [6, 6.07) is 15.3. The van der Waals surface area contributed by atoms with E-state index in [9.17, 15) is 4.79 Å². The molecule has 128 valence electrons. The number of aliphatic hydroxyl groups is 1. The van der Waals surface area contributed by atoms with Crippen LogP contribution in [0.5, 0.6) is 0 Å². The van der Waals surface area contributed by atoms with Crippen molar-refractivity contribution in [3.63, 3.8) is 0 Å². The van der Waals surface area contributed by atoms with Gasteiger partial charge in [-0.05, 0) is 37.1 Å². The van der Waals surface area contributed by atoms with E-state index in [1.807, 2.05) is 62.4 Å². The van der Waals surface area contributed by atoms with Crippen LogP contribution in [0.15, 0.2) is 48.5 Å². The lowest BCUT2D eigenvalue weighted by atomic mass is 10.1. The highest BCUT2D eigenvalue weighted by Gasteiger charge is 2.13. The highest BCUT2D eigenvalue weighted by Crippen LogP contribution is 2.17. The van der Waals surface area contributed by atoms with Crippen molar-refractivity contribution < 1.29 is 14.6 Å². The Morgan fingerprint density at radius 2 is 1.88 bits per heavy atom. The van der Waals surface area contributed by atoms with Crippen molar-refractivity contribution in [1.82, 2.24) is 5.32 Å². The summed E-state index contributed by atoms with van der Waals surface area (Å²) in [6.45, 7) is 4.47. The number of anilines is 1. The second-order valence-corrected chi connectivity index (χ2v) is 5.70. The van der Waals surface area contributed by atoms with E-state index in [2.05, 4.69) is 10.6 Å². The number of nitrogens with one attached hydrogen (secondary N) is 2. The largest absolute Gasteiger partial charge is 0.394 e. The second-order valence-electron chi connectivity index (χ2n) is 5.70. The van der Waals surface area contributed by atoms with E-state index in [1.54, 1.807) is 0 Å². The van der Waals surface area contributed by atoms with E-state index in [0.717, 1.165) is 22.4 Å². The summed E-state index contributed by atoms with van der Waals surface area (Å²) in [6.07, 6.45) is -0.305. The van der Waals surface area contributed by atoms with Crippen LogP contribution in [0.4, 0.5) is 10.5 Å². The highest BCUT2D eigenvalue weighted by atomic mass is 16.5. The lowest BCUT2D eigenvalue weighted by Gasteiger charge is -2.19. The molecule has 2 aromatic carbocycles. The van der Waals surface area contributed by atoms with Crippen LogP contribution in [0.1, 0.15) is 22.8 Å². The third kappa shape index (κ3) is 5.68. The Hall–Kier alpha value is -2.37. The fraction of sp³-hybridized carbons (Fsp3) is 0.316. The smallest absolute Gasteiger partial charge is 0.319 e. The normalized spacial score (nSPS) is 11.8. The second kappa shape index (κ2) is 9.05. The number of carbonyl (C=O) groups is 1. The van der Waals surface area contributed by atoms with Crippen LogP contribution in [0.2, 0.25) is 0 Å². The number of aryl methyl sites for hydroxylation is 2. The molecule has 3 N–H and O–H groups in total. The van der Waals surface area contributed by atoms with Gasteiger partial charge in [-0.1, -0.05) is 42.0 Å². The topological polar surface area (TPSA) is 70.6 Å². The number of benzene rings is 2. The monoisotopic (exact) mass is 328 g/mol. The van der Waals surface area contributed by atoms with Gasteiger partial charge in [-0.15, -0.1) is 0 Å². The molecule has 5 heteroatoms. The molecule has 0 aliphatic rings. The van der Waals surface area contributed by atoms with Gasteiger partial charge in [0.15, 0.2) is 0 Å². The maximum absolute atomic E-state index is 12.1. The number of hydrogen-bond donors (Lipinski definition) is 3. The number of aliphatic hydroxyl groups excluding tert-OH is 1. The molecule has 0 aliphatic carbocycles. The van der Waals surface area contributed by atoms with Crippen LogP contribution in [0, 0.1) is 13.8 Å². The van der Waals surface area contributed by atoms with E-state index in [-0.39, 0.29) is 25.3 Å². The molecule has 0 saturated heterocycles. The molecule has 0 aliphatic heterocycles. The predicted octanol–water partition coefficient (Wildman–Crippen LogP) is 3.18. The zero-order valence-electron chi connectivity index (χ0n) is 14.1. The van der Waals surface area contributed by atoms with Crippen molar-refractivity contribution >= 4 is 11.7 Å². The zero-order valence-corrected chi connectivity index (χ0v) is 14.1. The molecular weight excluding hydrogens is 304 g/mol. The van der Waals surface area contributed by atoms with Crippen molar-refractivity contribution in [3.05, 3.63) is 65.2 Å². The van der Waals surface area contributed by atoms with Crippen molar-refractivity contribution in [2.24, 2.45) is 0 Å². The van der Waals surface area contributed by atoms with Crippen molar-refractivity contribution in [2.75, 3.05) is 25.1 Å². The Bertz CT molecular complexity index is 656. The number of urea groups is 1. The molecule has 2 aromatic rings. The third-order valence-electron chi connectivity index (χ3n) is 3.58. The van der Waals surface area contributed by atoms with E-state index >= 15 is 0 Å². The van der Waals surface area contributed by atoms with Gasteiger partial charge in [0.1, 0.15) is 0 Å². The molecule has 0 spiro atoms. The Labute approximate surface area is 142 Å². The van der Waals surface area contributed by atoms with Gasteiger partial charge in [0.25, 0.3) is 0 Å². The van der Waals surface area contributed by atoms with E-state index < -0.39 is 0 Å². The fourth-order valence-electron chi connectivity index (χ4n) is 2.33. The molecule has 2 amide bonds. The minimum absolute atomic E-state index is 0.0577. The van der Waals surface area contributed by atoms with Gasteiger partial charge < -0.3 is 20.5 Å². The number of ether oxygens (including phenoxy) is 1. The maximum atomic E-state index is 12.1. The van der Waals surface area contributed by atoms with Gasteiger partial charge >= 0.3 is 6.03 Å². The number of amides is 2. The summed E-state index contributed by atoms with van der Waals surface area (Å²) in [4.78, 5) is 12.1. The molecule has 0 bridgehead atoms. The Kier molecular flexibility index (Phi) is 6.78. The Morgan fingerprint density at radius 3 is 2.54 bits per heavy atom. The summed E-state index contributed by atoms with van der Waals surface area (Å²) in [5, 5.41) is 14.6.